The standard InChI is InChI=1S/C5H10N5O3/c1-5(11)6-3-4-9(2)7-8-10(12)13/h1,3-4H2,2H3,(H,6,11). The molecule has 0 aliphatic heterocycles. The topological polar surface area (TPSA) is 100 Å². The number of rotatable bonds is 5. The van der Waals surface area contributed by atoms with Crippen LogP contribution in [0.1, 0.15) is 0 Å². The van der Waals surface area contributed by atoms with Gasteiger partial charge in [0.05, 0.1) is 11.6 Å². The molecule has 0 unspecified atom stereocenters. The van der Waals surface area contributed by atoms with Gasteiger partial charge in [0.25, 0.3) is 0 Å². The molecule has 8 nitrogen and oxygen atoms in total. The zero-order chi connectivity index (χ0) is 10.3. The maximum atomic E-state index is 10.3. The van der Waals surface area contributed by atoms with Gasteiger partial charge >= 0.3 is 0 Å². The summed E-state index contributed by atoms with van der Waals surface area (Å²) in [4.78, 5) is 20.0. The van der Waals surface area contributed by atoms with Gasteiger partial charge in [-0.15, -0.1) is 0 Å². The first-order valence-electron chi connectivity index (χ1n) is 3.39. The molecular formula is C5H10N5O3. The van der Waals surface area contributed by atoms with E-state index in [1.807, 2.05) is 0 Å². The van der Waals surface area contributed by atoms with E-state index in [0.29, 0.717) is 13.1 Å². The fraction of sp³-hybridized carbons (Fsp3) is 0.600. The van der Waals surface area contributed by atoms with Crippen LogP contribution in [0.15, 0.2) is 10.4 Å². The van der Waals surface area contributed by atoms with Crippen LogP contribution in [0.3, 0.4) is 0 Å². The molecule has 0 atom stereocenters. The minimum absolute atomic E-state index is 0.315. The Morgan fingerprint density at radius 3 is 2.85 bits per heavy atom. The number of hydrogen-bond donors (Lipinski definition) is 1. The van der Waals surface area contributed by atoms with Crippen LogP contribution in [0, 0.1) is 17.0 Å². The smallest absolute Gasteiger partial charge is 0.220 e. The fourth-order valence-electron chi connectivity index (χ4n) is 0.503. The number of nitrogens with zero attached hydrogens (tertiary/aromatic N) is 4. The van der Waals surface area contributed by atoms with Crippen molar-refractivity contribution in [2.75, 3.05) is 20.1 Å². The highest BCUT2D eigenvalue weighted by Crippen LogP contribution is 1.84. The lowest BCUT2D eigenvalue weighted by atomic mass is 10.6. The molecule has 1 radical (unpaired) electrons. The molecule has 0 spiro atoms. The van der Waals surface area contributed by atoms with Crippen molar-refractivity contribution in [3.63, 3.8) is 0 Å². The van der Waals surface area contributed by atoms with E-state index in [9.17, 15) is 14.9 Å². The number of nitrogens with one attached hydrogen (secondary N) is 1. The van der Waals surface area contributed by atoms with Gasteiger partial charge in [0.15, 0.2) is 5.22 Å². The highest BCUT2D eigenvalue weighted by atomic mass is 16.7. The Balaban J connectivity index is 3.57. The van der Waals surface area contributed by atoms with Crippen LogP contribution in [0.4, 0.5) is 0 Å². The maximum absolute atomic E-state index is 10.3. The van der Waals surface area contributed by atoms with E-state index in [1.165, 1.54) is 12.1 Å². The van der Waals surface area contributed by atoms with Crippen molar-refractivity contribution in [1.82, 2.24) is 10.3 Å². The minimum Gasteiger partial charge on any atom is -0.354 e. The maximum Gasteiger partial charge on any atom is 0.220 e. The number of likely N-dealkylation sites (N-methyl/N-ethyl adjacent to an activating group) is 1. The molecular weight excluding hydrogens is 178 g/mol. The first kappa shape index (κ1) is 11.3. The van der Waals surface area contributed by atoms with E-state index in [1.54, 1.807) is 0 Å². The van der Waals surface area contributed by atoms with Gasteiger partial charge < -0.3 is 15.4 Å². The summed E-state index contributed by atoms with van der Waals surface area (Å²) >= 11 is 0. The molecule has 0 saturated carbocycles. The normalized spacial score (nSPS) is 10.0. The van der Waals surface area contributed by atoms with Gasteiger partial charge in [-0.25, -0.2) is 0 Å². The third kappa shape index (κ3) is 8.17. The largest absolute Gasteiger partial charge is 0.354 e. The van der Waals surface area contributed by atoms with Crippen LogP contribution in [0.5, 0.6) is 0 Å². The summed E-state index contributed by atoms with van der Waals surface area (Å²) in [6, 6.07) is 0. The fourth-order valence-corrected chi connectivity index (χ4v) is 0.503. The highest BCUT2D eigenvalue weighted by Gasteiger charge is 2.00. The molecule has 0 fully saturated rings. The van der Waals surface area contributed by atoms with Crippen molar-refractivity contribution in [3.05, 3.63) is 17.0 Å². The van der Waals surface area contributed by atoms with E-state index >= 15 is 0 Å². The Morgan fingerprint density at radius 1 is 1.77 bits per heavy atom. The van der Waals surface area contributed by atoms with Crippen molar-refractivity contribution >= 4 is 5.91 Å². The molecule has 0 aliphatic rings. The van der Waals surface area contributed by atoms with E-state index in [4.69, 9.17) is 0 Å². The summed E-state index contributed by atoms with van der Waals surface area (Å²) in [5.74, 6) is -0.403. The molecule has 0 aromatic heterocycles. The molecule has 1 N–H and O–H groups in total. The van der Waals surface area contributed by atoms with Gasteiger partial charge in [-0.1, -0.05) is 0 Å². The molecule has 0 bridgehead atoms. The Morgan fingerprint density at radius 2 is 2.38 bits per heavy atom. The van der Waals surface area contributed by atoms with E-state index in [0.717, 1.165) is 0 Å². The first-order valence-corrected chi connectivity index (χ1v) is 3.39. The number of amides is 1. The van der Waals surface area contributed by atoms with Crippen molar-refractivity contribution in [3.8, 4) is 0 Å². The van der Waals surface area contributed by atoms with Crippen LogP contribution in [-0.4, -0.2) is 36.1 Å². The first-order chi connectivity index (χ1) is 6.02. The van der Waals surface area contributed by atoms with Crippen molar-refractivity contribution in [1.29, 1.82) is 0 Å². The number of carbonyl (C=O) groups is 1. The molecule has 0 rings (SSSR count). The summed E-state index contributed by atoms with van der Waals surface area (Å²) in [6.07, 6.45) is 0. The summed E-state index contributed by atoms with van der Waals surface area (Å²) in [6.45, 7) is 3.73. The second-order valence-electron chi connectivity index (χ2n) is 2.15. The highest BCUT2D eigenvalue weighted by molar-refractivity contribution is 5.79. The van der Waals surface area contributed by atoms with Crippen LogP contribution >= 0.6 is 0 Å². The zero-order valence-corrected chi connectivity index (χ0v) is 7.13. The van der Waals surface area contributed by atoms with Gasteiger partial charge in [0.1, 0.15) is 0 Å². The zero-order valence-electron chi connectivity index (χ0n) is 7.13. The van der Waals surface area contributed by atoms with Gasteiger partial charge in [-0.05, 0) is 0 Å². The molecule has 0 aliphatic carbocycles. The minimum atomic E-state index is -0.906. The van der Waals surface area contributed by atoms with Crippen LogP contribution in [0.2, 0.25) is 0 Å². The Labute approximate surface area is 74.7 Å². The summed E-state index contributed by atoms with van der Waals surface area (Å²) in [5, 5.41) is 18.3. The SMILES string of the molecule is [CH2]C(=O)NCCN(C)N=N[N+](=O)[O-]. The second-order valence-corrected chi connectivity index (χ2v) is 2.15. The van der Waals surface area contributed by atoms with Crippen molar-refractivity contribution in [2.45, 2.75) is 0 Å². The number of carbonyl (C=O) groups excluding carboxylic acids is 1. The molecule has 0 heterocycles. The Hall–Kier alpha value is -1.73. The van der Waals surface area contributed by atoms with Gasteiger partial charge in [-0.3, -0.25) is 4.79 Å². The molecule has 13 heavy (non-hydrogen) atoms. The number of nitro groups is 1. The summed E-state index contributed by atoms with van der Waals surface area (Å²) < 4.78 is 0. The number of hydrogen-bond acceptors (Lipinski definition) is 4. The lowest BCUT2D eigenvalue weighted by Crippen LogP contribution is -2.29. The van der Waals surface area contributed by atoms with Crippen LogP contribution in [-0.2, 0) is 4.79 Å². The van der Waals surface area contributed by atoms with Crippen LogP contribution < -0.4 is 5.32 Å². The molecule has 73 valence electrons. The molecule has 0 saturated heterocycles. The quantitative estimate of drug-likeness (QED) is 0.354. The third-order valence-corrected chi connectivity index (χ3v) is 1.02. The van der Waals surface area contributed by atoms with Crippen LogP contribution in [0.25, 0.3) is 0 Å². The van der Waals surface area contributed by atoms with Gasteiger partial charge in [-0.2, -0.15) is 5.01 Å². The average Bonchev–Trinajstić information content (AvgIpc) is 2.00. The van der Waals surface area contributed by atoms with E-state index in [-0.39, 0.29) is 0 Å². The predicted octanol–water partition coefficient (Wildman–Crippen LogP) is -0.573. The second kappa shape index (κ2) is 5.86. The average molecular weight is 188 g/mol. The predicted molar refractivity (Wildman–Crippen MR) is 42.8 cm³/mol. The van der Waals surface area contributed by atoms with Gasteiger partial charge in [0.2, 0.25) is 11.1 Å². The van der Waals surface area contributed by atoms with E-state index in [2.05, 4.69) is 22.7 Å². The van der Waals surface area contributed by atoms with Gasteiger partial charge in [0, 0.05) is 20.5 Å². The molecule has 1 amide bonds. The van der Waals surface area contributed by atoms with Crippen molar-refractivity contribution < 1.29 is 9.83 Å². The Bertz CT molecular complexity index is 216. The molecule has 8 heteroatoms. The molecule has 0 aromatic rings. The Kier molecular flexibility index (Phi) is 5.08. The summed E-state index contributed by atoms with van der Waals surface area (Å²) in [5.41, 5.74) is 0. The monoisotopic (exact) mass is 188 g/mol. The lowest BCUT2D eigenvalue weighted by molar-refractivity contribution is -0.496. The summed E-state index contributed by atoms with van der Waals surface area (Å²) in [7, 11) is 1.50. The third-order valence-electron chi connectivity index (χ3n) is 1.02. The van der Waals surface area contributed by atoms with E-state index < -0.39 is 10.9 Å². The lowest BCUT2D eigenvalue weighted by Gasteiger charge is -2.04. The molecule has 0 aromatic carbocycles. The van der Waals surface area contributed by atoms with Crippen molar-refractivity contribution in [2.24, 2.45) is 10.4 Å².